The zero-order chi connectivity index (χ0) is 31.2. The first-order valence-corrected chi connectivity index (χ1v) is 15.9. The molecule has 0 aliphatic carbocycles. The molecule has 1 aromatic heterocycles. The number of nitrogens with zero attached hydrogens (tertiary/aromatic N) is 2. The average Bonchev–Trinajstić information content (AvgIpc) is 3.15. The van der Waals surface area contributed by atoms with Crippen LogP contribution < -0.4 is 5.32 Å². The summed E-state index contributed by atoms with van der Waals surface area (Å²) in [7, 11) is 0. The van der Waals surface area contributed by atoms with Crippen molar-refractivity contribution < 1.29 is 0 Å². The number of anilines is 2. The number of hydrogen-bond acceptors (Lipinski definition) is 3. The van der Waals surface area contributed by atoms with Crippen molar-refractivity contribution in [2.24, 2.45) is 0 Å². The summed E-state index contributed by atoms with van der Waals surface area (Å²) < 4.78 is 0. The van der Waals surface area contributed by atoms with E-state index in [4.69, 9.17) is 9.97 Å². The van der Waals surface area contributed by atoms with E-state index in [1.807, 2.05) is 36.4 Å². The largest absolute Gasteiger partial charge is 0.355 e. The van der Waals surface area contributed by atoms with Crippen molar-refractivity contribution in [3.8, 4) is 33.9 Å². The van der Waals surface area contributed by atoms with E-state index in [0.29, 0.717) is 5.82 Å². The molecule has 0 aliphatic heterocycles. The van der Waals surface area contributed by atoms with Crippen molar-refractivity contribution in [2.45, 2.75) is 0 Å². The second-order valence-corrected chi connectivity index (χ2v) is 11.9. The highest BCUT2D eigenvalue weighted by molar-refractivity contribution is 6.29. The van der Waals surface area contributed by atoms with Crippen LogP contribution in [0.1, 0.15) is 0 Å². The third-order valence-electron chi connectivity index (χ3n) is 8.99. The average molecular weight is 600 g/mol. The molecular formula is C44H29N3. The number of nitrogens with one attached hydrogen (secondary N) is 1. The number of fused-ring (bicyclic) bond motifs is 7. The van der Waals surface area contributed by atoms with E-state index in [1.165, 1.54) is 43.1 Å². The smallest absolute Gasteiger partial charge is 0.160 e. The van der Waals surface area contributed by atoms with Gasteiger partial charge in [-0.1, -0.05) is 133 Å². The van der Waals surface area contributed by atoms with Crippen LogP contribution in [0.2, 0.25) is 0 Å². The Morgan fingerprint density at radius 3 is 1.55 bits per heavy atom. The lowest BCUT2D eigenvalue weighted by atomic mass is 9.91. The second-order valence-electron chi connectivity index (χ2n) is 11.9. The fraction of sp³-hybridized carbons (Fsp3) is 0. The molecule has 0 saturated carbocycles. The predicted molar refractivity (Wildman–Crippen MR) is 198 cm³/mol. The van der Waals surface area contributed by atoms with E-state index in [9.17, 15) is 0 Å². The lowest BCUT2D eigenvalue weighted by molar-refractivity contribution is 1.18. The van der Waals surface area contributed by atoms with Gasteiger partial charge in [-0.05, 0) is 74.1 Å². The van der Waals surface area contributed by atoms with E-state index in [1.54, 1.807) is 0 Å². The first kappa shape index (κ1) is 27.0. The Morgan fingerprint density at radius 1 is 0.362 bits per heavy atom. The van der Waals surface area contributed by atoms with E-state index in [2.05, 4.69) is 139 Å². The normalized spacial score (nSPS) is 11.4. The Kier molecular flexibility index (Phi) is 6.46. The fourth-order valence-electron chi connectivity index (χ4n) is 6.77. The molecule has 8 aromatic carbocycles. The minimum Gasteiger partial charge on any atom is -0.355 e. The molecule has 0 spiro atoms. The third kappa shape index (κ3) is 4.86. The van der Waals surface area contributed by atoms with Crippen molar-refractivity contribution in [2.75, 3.05) is 5.32 Å². The monoisotopic (exact) mass is 599 g/mol. The SMILES string of the molecule is c1ccc(-c2cc(-c3ccccc3)nc(-c3cccc(Nc4cccc5c6cc7ccccc7cc6c6ccccc6c45)c3)n2)cc1. The molecule has 0 amide bonds. The summed E-state index contributed by atoms with van der Waals surface area (Å²) in [4.78, 5) is 10.1. The minimum absolute atomic E-state index is 0.690. The van der Waals surface area contributed by atoms with Gasteiger partial charge >= 0.3 is 0 Å². The van der Waals surface area contributed by atoms with Gasteiger partial charge in [0, 0.05) is 33.5 Å². The van der Waals surface area contributed by atoms with E-state index < -0.39 is 0 Å². The predicted octanol–water partition coefficient (Wildman–Crippen LogP) is 11.8. The maximum absolute atomic E-state index is 5.06. The van der Waals surface area contributed by atoms with Gasteiger partial charge in [-0.2, -0.15) is 0 Å². The van der Waals surface area contributed by atoms with Crippen molar-refractivity contribution >= 4 is 54.5 Å². The van der Waals surface area contributed by atoms with Gasteiger partial charge in [0.25, 0.3) is 0 Å². The molecule has 0 bridgehead atoms. The molecule has 9 rings (SSSR count). The highest BCUT2D eigenvalue weighted by Gasteiger charge is 2.14. The molecule has 0 unspecified atom stereocenters. The van der Waals surface area contributed by atoms with Gasteiger partial charge in [0.15, 0.2) is 5.82 Å². The van der Waals surface area contributed by atoms with Crippen LogP contribution in [0.15, 0.2) is 170 Å². The van der Waals surface area contributed by atoms with Crippen molar-refractivity contribution in [3.05, 3.63) is 170 Å². The lowest BCUT2D eigenvalue weighted by Crippen LogP contribution is -1.97. The summed E-state index contributed by atoms with van der Waals surface area (Å²) in [5.74, 6) is 0.690. The van der Waals surface area contributed by atoms with Gasteiger partial charge in [0.2, 0.25) is 0 Å². The molecule has 9 aromatic rings. The van der Waals surface area contributed by atoms with Crippen LogP contribution >= 0.6 is 0 Å². The van der Waals surface area contributed by atoms with Crippen LogP contribution in [0.25, 0.3) is 77.0 Å². The van der Waals surface area contributed by atoms with Crippen molar-refractivity contribution in [3.63, 3.8) is 0 Å². The Bertz CT molecular complexity index is 2530. The number of rotatable bonds is 5. The lowest BCUT2D eigenvalue weighted by Gasteiger charge is -2.16. The van der Waals surface area contributed by atoms with Gasteiger partial charge in [0.05, 0.1) is 11.4 Å². The van der Waals surface area contributed by atoms with Crippen LogP contribution in [0.5, 0.6) is 0 Å². The van der Waals surface area contributed by atoms with Crippen LogP contribution in [0.4, 0.5) is 11.4 Å². The molecular weight excluding hydrogens is 571 g/mol. The van der Waals surface area contributed by atoms with Gasteiger partial charge < -0.3 is 5.32 Å². The third-order valence-corrected chi connectivity index (χ3v) is 8.99. The van der Waals surface area contributed by atoms with Crippen molar-refractivity contribution in [1.29, 1.82) is 0 Å². The Balaban J connectivity index is 1.19. The van der Waals surface area contributed by atoms with Crippen LogP contribution in [-0.2, 0) is 0 Å². The maximum Gasteiger partial charge on any atom is 0.160 e. The first-order valence-electron chi connectivity index (χ1n) is 15.9. The summed E-state index contributed by atoms with van der Waals surface area (Å²) in [6.45, 7) is 0. The molecule has 3 heteroatoms. The van der Waals surface area contributed by atoms with Crippen LogP contribution in [0, 0.1) is 0 Å². The Hall–Kier alpha value is -6.32. The second kappa shape index (κ2) is 11.2. The molecule has 47 heavy (non-hydrogen) atoms. The van der Waals surface area contributed by atoms with Gasteiger partial charge in [-0.15, -0.1) is 0 Å². The minimum atomic E-state index is 0.690. The van der Waals surface area contributed by atoms with Gasteiger partial charge in [-0.3, -0.25) is 0 Å². The highest BCUT2D eigenvalue weighted by Crippen LogP contribution is 2.41. The molecule has 0 saturated heterocycles. The summed E-state index contributed by atoms with van der Waals surface area (Å²) in [5, 5.41) is 13.8. The summed E-state index contributed by atoms with van der Waals surface area (Å²) >= 11 is 0. The quantitative estimate of drug-likeness (QED) is 0.158. The summed E-state index contributed by atoms with van der Waals surface area (Å²) in [6.07, 6.45) is 0. The molecule has 220 valence electrons. The van der Waals surface area contributed by atoms with E-state index in [0.717, 1.165) is 39.5 Å². The van der Waals surface area contributed by atoms with Crippen LogP contribution in [0.3, 0.4) is 0 Å². The van der Waals surface area contributed by atoms with E-state index in [-0.39, 0.29) is 0 Å². The Labute approximate surface area is 272 Å². The highest BCUT2D eigenvalue weighted by atomic mass is 14.9. The van der Waals surface area contributed by atoms with Gasteiger partial charge in [0.1, 0.15) is 0 Å². The fourth-order valence-corrected chi connectivity index (χ4v) is 6.77. The molecule has 0 radical (unpaired) electrons. The van der Waals surface area contributed by atoms with E-state index >= 15 is 0 Å². The first-order chi connectivity index (χ1) is 23.3. The molecule has 1 heterocycles. The van der Waals surface area contributed by atoms with Crippen LogP contribution in [-0.4, -0.2) is 9.97 Å². The topological polar surface area (TPSA) is 37.8 Å². The number of aromatic nitrogens is 2. The molecule has 0 fully saturated rings. The molecule has 1 N–H and O–H groups in total. The van der Waals surface area contributed by atoms with Gasteiger partial charge in [-0.25, -0.2) is 9.97 Å². The zero-order valence-corrected chi connectivity index (χ0v) is 25.6. The summed E-state index contributed by atoms with van der Waals surface area (Å²) in [5.41, 5.74) is 6.91. The zero-order valence-electron chi connectivity index (χ0n) is 25.6. The molecule has 3 nitrogen and oxygen atoms in total. The molecule has 0 aliphatic rings. The number of hydrogen-bond donors (Lipinski definition) is 1. The summed E-state index contributed by atoms with van der Waals surface area (Å²) in [6, 6.07) is 59.7. The van der Waals surface area contributed by atoms with Crippen molar-refractivity contribution in [1.82, 2.24) is 9.97 Å². The molecule has 0 atom stereocenters. The Morgan fingerprint density at radius 2 is 0.872 bits per heavy atom. The standard InChI is InChI=1S/C44H29N3/c1-3-13-29(14-4-1)41-28-42(30-15-5-2-6-16-30)47-44(46-41)33-19-11-20-34(25-33)45-40-24-12-23-37-39-27-32-18-8-7-17-31(32)26-38(39)35-21-9-10-22-36(35)43(37)40/h1-28,45H. The maximum atomic E-state index is 5.06. The number of benzene rings is 8.